The fourth-order valence-corrected chi connectivity index (χ4v) is 6.53. The third kappa shape index (κ3) is 6.46. The van der Waals surface area contributed by atoms with Crippen molar-refractivity contribution in [1.29, 1.82) is 0 Å². The number of rotatable bonds is 9. The van der Waals surface area contributed by atoms with Crippen LogP contribution in [0.1, 0.15) is 60.3 Å². The third-order valence-electron chi connectivity index (χ3n) is 5.38. The van der Waals surface area contributed by atoms with Crippen LogP contribution in [-0.2, 0) is 16.6 Å². The summed E-state index contributed by atoms with van der Waals surface area (Å²) >= 11 is 0.935. The van der Waals surface area contributed by atoms with E-state index in [9.17, 15) is 22.0 Å². The lowest BCUT2D eigenvalue weighted by molar-refractivity contribution is 0.103. The molecule has 0 atom stereocenters. The van der Waals surface area contributed by atoms with Crippen LogP contribution < -0.4 is 21.5 Å². The molecule has 182 valence electrons. The number of ketones is 1. The van der Waals surface area contributed by atoms with Gasteiger partial charge in [-0.2, -0.15) is 0 Å². The van der Waals surface area contributed by atoms with Gasteiger partial charge in [0.2, 0.25) is 15.8 Å². The van der Waals surface area contributed by atoms with E-state index in [-0.39, 0.29) is 46.6 Å². The Labute approximate surface area is 196 Å². The normalized spacial score (nSPS) is 19.1. The molecule has 1 heterocycles. The number of hydrogen-bond acceptors (Lipinski definition) is 8. The van der Waals surface area contributed by atoms with Crippen molar-refractivity contribution >= 4 is 38.1 Å². The molecule has 0 amide bonds. The number of thiazole rings is 1. The summed E-state index contributed by atoms with van der Waals surface area (Å²) in [7, 11) is -3.31. The number of carbonyl (C=O) groups is 1. The molecule has 0 spiro atoms. The van der Waals surface area contributed by atoms with Crippen molar-refractivity contribution in [3.05, 3.63) is 39.8 Å². The molecule has 1 fully saturated rings. The second-order valence-corrected chi connectivity index (χ2v) is 11.5. The van der Waals surface area contributed by atoms with Gasteiger partial charge in [0.05, 0.1) is 11.3 Å². The highest BCUT2D eigenvalue weighted by atomic mass is 32.2. The zero-order chi connectivity index (χ0) is 24.3. The second-order valence-electron chi connectivity index (χ2n) is 8.69. The summed E-state index contributed by atoms with van der Waals surface area (Å²) in [5, 5.41) is 3.58. The number of nitrogens with two attached hydrogens (primary N) is 2. The molecule has 1 aliphatic carbocycles. The van der Waals surface area contributed by atoms with Crippen molar-refractivity contribution < 1.29 is 22.0 Å². The first-order chi connectivity index (χ1) is 15.5. The topological polar surface area (TPSA) is 140 Å². The van der Waals surface area contributed by atoms with E-state index in [1.54, 1.807) is 0 Å². The number of hydrogen-bond donors (Lipinski definition) is 4. The van der Waals surface area contributed by atoms with Gasteiger partial charge in [-0.25, -0.2) is 26.9 Å². The number of sulfonamides is 1. The Morgan fingerprint density at radius 3 is 2.30 bits per heavy atom. The summed E-state index contributed by atoms with van der Waals surface area (Å²) < 4.78 is 55.7. The van der Waals surface area contributed by atoms with Crippen molar-refractivity contribution in [2.24, 2.45) is 11.7 Å². The lowest BCUT2D eigenvalue weighted by Gasteiger charge is -2.29. The molecule has 1 aromatic heterocycles. The first kappa shape index (κ1) is 25.5. The molecule has 0 radical (unpaired) electrons. The predicted molar refractivity (Wildman–Crippen MR) is 126 cm³/mol. The van der Waals surface area contributed by atoms with Gasteiger partial charge in [-0.05, 0) is 49.3 Å². The van der Waals surface area contributed by atoms with Gasteiger partial charge >= 0.3 is 0 Å². The van der Waals surface area contributed by atoms with Crippen molar-refractivity contribution in [3.8, 4) is 0 Å². The molecule has 0 unspecified atom stereocenters. The van der Waals surface area contributed by atoms with Gasteiger partial charge in [0, 0.05) is 18.6 Å². The number of nitrogen functional groups attached to an aromatic ring is 1. The van der Waals surface area contributed by atoms with Gasteiger partial charge in [-0.15, -0.1) is 0 Å². The predicted octanol–water partition coefficient (Wildman–Crippen LogP) is 2.99. The number of carbonyl (C=O) groups excluding carboxylic acids is 1. The van der Waals surface area contributed by atoms with Crippen LogP contribution >= 0.6 is 11.3 Å². The number of nitrogens with zero attached hydrogens (tertiary/aromatic N) is 1. The number of halogens is 2. The summed E-state index contributed by atoms with van der Waals surface area (Å²) in [4.78, 5) is 16.8. The highest BCUT2D eigenvalue weighted by Gasteiger charge is 2.28. The molecule has 33 heavy (non-hydrogen) atoms. The molecule has 0 aliphatic heterocycles. The molecule has 12 heteroatoms. The van der Waals surface area contributed by atoms with Gasteiger partial charge < -0.3 is 16.8 Å². The molecule has 3 rings (SSSR count). The smallest absolute Gasteiger partial charge is 0.212 e. The number of aromatic nitrogens is 1. The van der Waals surface area contributed by atoms with E-state index < -0.39 is 33.0 Å². The van der Waals surface area contributed by atoms with Crippen LogP contribution in [-0.4, -0.2) is 37.0 Å². The van der Waals surface area contributed by atoms with E-state index in [0.29, 0.717) is 30.8 Å². The van der Waals surface area contributed by atoms with Crippen LogP contribution in [0.3, 0.4) is 0 Å². The molecule has 1 aliphatic rings. The lowest BCUT2D eigenvalue weighted by atomic mass is 9.92. The lowest BCUT2D eigenvalue weighted by Crippen LogP contribution is -2.41. The van der Waals surface area contributed by atoms with E-state index in [1.165, 1.54) is 0 Å². The fourth-order valence-electron chi connectivity index (χ4n) is 3.90. The fraction of sp³-hybridized carbons (Fsp3) is 0.524. The monoisotopic (exact) mass is 501 g/mol. The first-order valence-electron chi connectivity index (χ1n) is 10.7. The van der Waals surface area contributed by atoms with Gasteiger partial charge in [0.25, 0.3) is 0 Å². The number of benzene rings is 1. The van der Waals surface area contributed by atoms with E-state index in [1.807, 2.05) is 13.8 Å². The average molecular weight is 502 g/mol. The average Bonchev–Trinajstić information content (AvgIpc) is 3.07. The molecule has 1 saturated carbocycles. The summed E-state index contributed by atoms with van der Waals surface area (Å²) in [5.41, 5.74) is 10.8. The third-order valence-corrected chi connectivity index (χ3v) is 8.18. The highest BCUT2D eigenvalue weighted by Crippen LogP contribution is 2.31. The molecule has 2 aromatic rings. The Balaban J connectivity index is 1.64. The van der Waals surface area contributed by atoms with Crippen LogP contribution in [0.5, 0.6) is 0 Å². The van der Waals surface area contributed by atoms with Crippen molar-refractivity contribution in [2.45, 2.75) is 58.2 Å². The highest BCUT2D eigenvalue weighted by molar-refractivity contribution is 7.89. The minimum atomic E-state index is -3.31. The molecule has 8 nitrogen and oxygen atoms in total. The van der Waals surface area contributed by atoms with Gasteiger partial charge in [-0.3, -0.25) is 4.79 Å². The van der Waals surface area contributed by atoms with Crippen molar-refractivity contribution in [3.63, 3.8) is 0 Å². The molecule has 0 saturated heterocycles. The summed E-state index contributed by atoms with van der Waals surface area (Å²) in [5.74, 6) is -2.84. The van der Waals surface area contributed by atoms with E-state index in [4.69, 9.17) is 11.5 Å². The quantitative estimate of drug-likeness (QED) is 0.387. The Morgan fingerprint density at radius 2 is 1.76 bits per heavy atom. The van der Waals surface area contributed by atoms with E-state index >= 15 is 0 Å². The second kappa shape index (κ2) is 10.4. The number of nitrogens with one attached hydrogen (secondary N) is 2. The Bertz CT molecular complexity index is 1090. The standard InChI is InChI=1S/C21H29F2N5O3S2/c1-11(2)10-33(30,31)28-14-5-3-13(4-6-14)26-21-27-20(25)19(32-21)18(29)17-15(22)7-12(9-24)8-16(17)23/h7-8,11,13-14,28H,3-6,9-10,24-25H2,1-2H3,(H,26,27). The maximum Gasteiger partial charge on any atom is 0.212 e. The maximum absolute atomic E-state index is 14.3. The molecule has 1 aromatic carbocycles. The van der Waals surface area contributed by atoms with Crippen LogP contribution in [0.4, 0.5) is 19.7 Å². The largest absolute Gasteiger partial charge is 0.382 e. The minimum Gasteiger partial charge on any atom is -0.382 e. The molecular formula is C21H29F2N5O3S2. The molecule has 6 N–H and O–H groups in total. The van der Waals surface area contributed by atoms with Gasteiger partial charge in [0.15, 0.2) is 5.13 Å². The van der Waals surface area contributed by atoms with Crippen LogP contribution in [0.2, 0.25) is 0 Å². The summed E-state index contributed by atoms with van der Waals surface area (Å²) in [6.07, 6.45) is 2.71. The summed E-state index contributed by atoms with van der Waals surface area (Å²) in [6.45, 7) is 3.66. The first-order valence-corrected chi connectivity index (χ1v) is 13.2. The van der Waals surface area contributed by atoms with Crippen LogP contribution in [0.25, 0.3) is 0 Å². The Hall–Kier alpha value is -2.15. The Kier molecular flexibility index (Phi) is 8.04. The molecule has 0 bridgehead atoms. The van der Waals surface area contributed by atoms with Crippen molar-refractivity contribution in [2.75, 3.05) is 16.8 Å². The minimum absolute atomic E-state index is 0.0154. The number of anilines is 2. The van der Waals surface area contributed by atoms with E-state index in [0.717, 1.165) is 23.5 Å². The van der Waals surface area contributed by atoms with Gasteiger partial charge in [0.1, 0.15) is 22.3 Å². The Morgan fingerprint density at radius 1 is 1.18 bits per heavy atom. The zero-order valence-electron chi connectivity index (χ0n) is 18.5. The SMILES string of the molecule is CC(C)CS(=O)(=O)NC1CCC(Nc2nc(N)c(C(=O)c3c(F)cc(CN)cc3F)s2)CC1. The van der Waals surface area contributed by atoms with Crippen LogP contribution in [0.15, 0.2) is 12.1 Å². The van der Waals surface area contributed by atoms with Gasteiger partial charge in [-0.1, -0.05) is 25.2 Å². The van der Waals surface area contributed by atoms with E-state index in [2.05, 4.69) is 15.0 Å². The maximum atomic E-state index is 14.3. The zero-order valence-corrected chi connectivity index (χ0v) is 20.2. The van der Waals surface area contributed by atoms with Crippen molar-refractivity contribution in [1.82, 2.24) is 9.71 Å². The summed E-state index contributed by atoms with van der Waals surface area (Å²) in [6, 6.07) is 1.95. The van der Waals surface area contributed by atoms with Crippen LogP contribution in [0, 0.1) is 17.6 Å². The molecular weight excluding hydrogens is 472 g/mol.